The van der Waals surface area contributed by atoms with Gasteiger partial charge in [0.05, 0.1) is 35.3 Å². The Balaban J connectivity index is 0.00000188. The maximum Gasteiger partial charge on any atom is 0.417 e. The summed E-state index contributed by atoms with van der Waals surface area (Å²) in [6, 6.07) is 11.1. The van der Waals surface area contributed by atoms with E-state index >= 15 is 0 Å². The van der Waals surface area contributed by atoms with Gasteiger partial charge in [0.25, 0.3) is 5.91 Å². The zero-order chi connectivity index (χ0) is 31.8. The molecule has 2 amide bonds. The molecule has 232 valence electrons. The molecule has 5 heterocycles. The molecule has 44 heavy (non-hydrogen) atoms. The summed E-state index contributed by atoms with van der Waals surface area (Å²) >= 11 is 0. The van der Waals surface area contributed by atoms with Gasteiger partial charge in [-0.3, -0.25) is 4.79 Å². The SMILES string of the molecule is CC.CC1c2c(-c3ccnc4c3ccn4C)ccc(Nc3ccc(N4CCC(O)CC4)cn3)c2C(=O)N1C(=O)OC(C)(C)C. The number of rotatable bonds is 4. The summed E-state index contributed by atoms with van der Waals surface area (Å²) in [7, 11) is 1.94. The molecule has 0 saturated carbocycles. The van der Waals surface area contributed by atoms with E-state index < -0.39 is 23.6 Å². The Bertz CT molecular complexity index is 1670. The first-order chi connectivity index (χ1) is 21.0. The van der Waals surface area contributed by atoms with Crippen LogP contribution < -0.4 is 10.2 Å². The van der Waals surface area contributed by atoms with E-state index in [0.717, 1.165) is 59.3 Å². The van der Waals surface area contributed by atoms with Crippen LogP contribution in [0.4, 0.5) is 22.0 Å². The molecule has 0 spiro atoms. The summed E-state index contributed by atoms with van der Waals surface area (Å²) < 4.78 is 7.60. The number of benzene rings is 1. The van der Waals surface area contributed by atoms with Crippen LogP contribution >= 0.6 is 0 Å². The van der Waals surface area contributed by atoms with Crippen molar-refractivity contribution in [2.24, 2.45) is 7.05 Å². The molecule has 1 atom stereocenters. The zero-order valence-electron chi connectivity index (χ0n) is 26.6. The number of nitrogens with one attached hydrogen (secondary N) is 1. The monoisotopic (exact) mass is 598 g/mol. The van der Waals surface area contributed by atoms with Crippen LogP contribution in [0.15, 0.2) is 55.0 Å². The summed E-state index contributed by atoms with van der Waals surface area (Å²) in [6.07, 6.45) is 6.07. The first-order valence-corrected chi connectivity index (χ1v) is 15.3. The van der Waals surface area contributed by atoms with Crippen LogP contribution in [0.2, 0.25) is 0 Å². The second-order valence-electron chi connectivity index (χ2n) is 12.0. The van der Waals surface area contributed by atoms with E-state index in [-0.39, 0.29) is 6.10 Å². The molecule has 1 aromatic carbocycles. The summed E-state index contributed by atoms with van der Waals surface area (Å²) in [6.45, 7) is 12.8. The molecular formula is C34H42N6O4. The van der Waals surface area contributed by atoms with Crippen LogP contribution in [-0.4, -0.2) is 61.3 Å². The van der Waals surface area contributed by atoms with Crippen molar-refractivity contribution in [3.05, 3.63) is 66.1 Å². The number of piperidine rings is 1. The Morgan fingerprint density at radius 1 is 1.02 bits per heavy atom. The van der Waals surface area contributed by atoms with Gasteiger partial charge in [-0.15, -0.1) is 0 Å². The predicted octanol–water partition coefficient (Wildman–Crippen LogP) is 6.82. The van der Waals surface area contributed by atoms with Crippen molar-refractivity contribution >= 4 is 40.2 Å². The minimum absolute atomic E-state index is 0.245. The van der Waals surface area contributed by atoms with Crippen molar-refractivity contribution < 1.29 is 19.4 Å². The zero-order valence-corrected chi connectivity index (χ0v) is 26.6. The summed E-state index contributed by atoms with van der Waals surface area (Å²) in [5, 5.41) is 14.1. The van der Waals surface area contributed by atoms with Gasteiger partial charge < -0.3 is 24.6 Å². The number of imide groups is 1. The number of amides is 2. The van der Waals surface area contributed by atoms with Crippen LogP contribution in [-0.2, 0) is 11.8 Å². The lowest BCUT2D eigenvalue weighted by Crippen LogP contribution is -2.38. The number of nitrogens with zero attached hydrogens (tertiary/aromatic N) is 5. The second kappa shape index (κ2) is 12.3. The van der Waals surface area contributed by atoms with Crippen molar-refractivity contribution in [2.75, 3.05) is 23.3 Å². The molecule has 0 radical (unpaired) electrons. The number of pyridine rings is 2. The Kier molecular flexibility index (Phi) is 8.65. The fraction of sp³-hybridized carbons (Fsp3) is 0.412. The average Bonchev–Trinajstić information content (AvgIpc) is 3.51. The lowest BCUT2D eigenvalue weighted by Gasteiger charge is -2.31. The molecule has 0 bridgehead atoms. The minimum Gasteiger partial charge on any atom is -0.443 e. The van der Waals surface area contributed by atoms with Gasteiger partial charge in [-0.1, -0.05) is 19.9 Å². The van der Waals surface area contributed by atoms with Crippen LogP contribution in [0.25, 0.3) is 22.2 Å². The number of anilines is 3. The number of carbonyl (C=O) groups excluding carboxylic acids is 2. The van der Waals surface area contributed by atoms with E-state index in [1.54, 1.807) is 33.2 Å². The van der Waals surface area contributed by atoms with Gasteiger partial charge in [0.1, 0.15) is 17.1 Å². The number of aliphatic hydroxyl groups excluding tert-OH is 1. The molecule has 6 rings (SSSR count). The van der Waals surface area contributed by atoms with Gasteiger partial charge in [0.15, 0.2) is 0 Å². The molecule has 0 aliphatic carbocycles. The van der Waals surface area contributed by atoms with Crippen LogP contribution in [0.3, 0.4) is 0 Å². The van der Waals surface area contributed by atoms with Gasteiger partial charge in [0, 0.05) is 37.9 Å². The maximum atomic E-state index is 14.0. The highest BCUT2D eigenvalue weighted by atomic mass is 16.6. The molecular weight excluding hydrogens is 556 g/mol. The van der Waals surface area contributed by atoms with Crippen molar-refractivity contribution in [2.45, 2.75) is 72.1 Å². The third kappa shape index (κ3) is 5.86. The fourth-order valence-electron chi connectivity index (χ4n) is 5.91. The van der Waals surface area contributed by atoms with Crippen LogP contribution in [0, 0.1) is 0 Å². The number of ether oxygens (including phenoxy) is 1. The van der Waals surface area contributed by atoms with Crippen molar-refractivity contribution in [1.82, 2.24) is 19.4 Å². The van der Waals surface area contributed by atoms with Gasteiger partial charge in [-0.2, -0.15) is 0 Å². The smallest absolute Gasteiger partial charge is 0.417 e. The van der Waals surface area contributed by atoms with Crippen LogP contribution in [0.1, 0.15) is 76.3 Å². The Morgan fingerprint density at radius 3 is 2.41 bits per heavy atom. The first kappa shape index (κ1) is 31.0. The number of aryl methyl sites for hydroxylation is 1. The van der Waals surface area contributed by atoms with Crippen molar-refractivity contribution in [3.63, 3.8) is 0 Å². The Labute approximate surface area is 258 Å². The molecule has 4 aromatic rings. The Hall–Kier alpha value is -4.44. The summed E-state index contributed by atoms with van der Waals surface area (Å²) in [4.78, 5) is 39.9. The maximum absolute atomic E-state index is 14.0. The molecule has 2 N–H and O–H groups in total. The highest BCUT2D eigenvalue weighted by Crippen LogP contribution is 2.45. The van der Waals surface area contributed by atoms with E-state index in [9.17, 15) is 14.7 Å². The highest BCUT2D eigenvalue weighted by Gasteiger charge is 2.43. The lowest BCUT2D eigenvalue weighted by atomic mass is 9.91. The fourth-order valence-corrected chi connectivity index (χ4v) is 5.91. The third-order valence-corrected chi connectivity index (χ3v) is 7.97. The van der Waals surface area contributed by atoms with Gasteiger partial charge in [-0.25, -0.2) is 19.7 Å². The topological polar surface area (TPSA) is 113 Å². The predicted molar refractivity (Wildman–Crippen MR) is 173 cm³/mol. The van der Waals surface area contributed by atoms with Crippen molar-refractivity contribution in [3.8, 4) is 11.1 Å². The van der Waals surface area contributed by atoms with Gasteiger partial charge >= 0.3 is 6.09 Å². The summed E-state index contributed by atoms with van der Waals surface area (Å²) in [5.74, 6) is 0.161. The first-order valence-electron chi connectivity index (χ1n) is 15.3. The van der Waals surface area contributed by atoms with Gasteiger partial charge in [0.2, 0.25) is 0 Å². The van der Waals surface area contributed by atoms with Crippen LogP contribution in [0.5, 0.6) is 0 Å². The molecule has 1 unspecified atom stereocenters. The third-order valence-electron chi connectivity index (χ3n) is 7.97. The number of aliphatic hydroxyl groups is 1. The number of hydrogen-bond donors (Lipinski definition) is 2. The van der Waals surface area contributed by atoms with E-state index in [4.69, 9.17) is 4.74 Å². The van der Waals surface area contributed by atoms with Gasteiger partial charge in [-0.05, 0) is 87.6 Å². The van der Waals surface area contributed by atoms with Crippen molar-refractivity contribution in [1.29, 1.82) is 0 Å². The Morgan fingerprint density at radius 2 is 1.75 bits per heavy atom. The molecule has 2 aliphatic rings. The quantitative estimate of drug-likeness (QED) is 0.263. The van der Waals surface area contributed by atoms with E-state index in [1.807, 2.05) is 75.0 Å². The normalized spacial score (nSPS) is 16.9. The summed E-state index contributed by atoms with van der Waals surface area (Å²) in [5.41, 5.74) is 4.58. The highest BCUT2D eigenvalue weighted by molar-refractivity contribution is 6.13. The molecule has 1 saturated heterocycles. The van der Waals surface area contributed by atoms with E-state index in [2.05, 4.69) is 20.2 Å². The number of aromatic nitrogens is 3. The molecule has 10 heteroatoms. The number of fused-ring (bicyclic) bond motifs is 2. The standard InChI is InChI=1S/C32H36N6O4.C2H6/c1-19-27-23(22-10-14-33-29-24(22)13-15-36(29)5)7-8-25(28(27)30(40)38(19)31(41)42-32(2,3)4)35-26-9-6-20(18-34-26)37-16-11-21(39)12-17-37;1-2/h6-10,13-15,18-19,21,39H,11-12,16-17H2,1-5H3,(H,34,35);1-2H3. The largest absolute Gasteiger partial charge is 0.443 e. The number of hydrogen-bond acceptors (Lipinski definition) is 8. The second-order valence-corrected chi connectivity index (χ2v) is 12.0. The minimum atomic E-state index is -0.755. The molecule has 1 fully saturated rings. The lowest BCUT2D eigenvalue weighted by molar-refractivity contribution is 0.0203. The van der Waals surface area contributed by atoms with E-state index in [0.29, 0.717) is 17.1 Å². The number of carbonyl (C=O) groups is 2. The molecule has 10 nitrogen and oxygen atoms in total. The average molecular weight is 599 g/mol. The molecule has 2 aliphatic heterocycles. The molecule has 3 aromatic heterocycles. The van der Waals surface area contributed by atoms with E-state index in [1.165, 1.54) is 4.90 Å².